The average molecular weight is 280 g/mol. The Morgan fingerprint density at radius 2 is 2.05 bits per heavy atom. The SMILES string of the molecule is COc1ccccc1NCC(=O)NC[C@@](C)(O)C(C)C. The first-order valence-corrected chi connectivity index (χ1v) is 6.73. The molecule has 0 aliphatic rings. The molecule has 112 valence electrons. The van der Waals surface area contributed by atoms with Crippen molar-refractivity contribution in [2.24, 2.45) is 5.92 Å². The highest BCUT2D eigenvalue weighted by molar-refractivity contribution is 5.81. The summed E-state index contributed by atoms with van der Waals surface area (Å²) in [6.45, 7) is 5.91. The molecule has 5 heteroatoms. The lowest BCUT2D eigenvalue weighted by atomic mass is 9.92. The lowest BCUT2D eigenvalue weighted by Gasteiger charge is -2.27. The van der Waals surface area contributed by atoms with Crippen molar-refractivity contribution < 1.29 is 14.6 Å². The summed E-state index contributed by atoms with van der Waals surface area (Å²) in [6.07, 6.45) is 0. The number of anilines is 1. The zero-order valence-electron chi connectivity index (χ0n) is 12.6. The van der Waals surface area contributed by atoms with Crippen LogP contribution in [-0.2, 0) is 4.79 Å². The molecular formula is C15H24N2O3. The van der Waals surface area contributed by atoms with Gasteiger partial charge in [-0.25, -0.2) is 0 Å². The van der Waals surface area contributed by atoms with Crippen molar-refractivity contribution in [2.45, 2.75) is 26.4 Å². The molecule has 0 bridgehead atoms. The molecule has 0 fully saturated rings. The first kappa shape index (κ1) is 16.3. The second kappa shape index (κ2) is 7.14. The Bertz CT molecular complexity index is 444. The molecule has 0 aliphatic heterocycles. The molecule has 1 aromatic rings. The van der Waals surface area contributed by atoms with Crippen LogP contribution >= 0.6 is 0 Å². The zero-order valence-corrected chi connectivity index (χ0v) is 12.6. The van der Waals surface area contributed by atoms with Gasteiger partial charge in [-0.2, -0.15) is 0 Å². The quantitative estimate of drug-likeness (QED) is 0.710. The smallest absolute Gasteiger partial charge is 0.239 e. The van der Waals surface area contributed by atoms with Crippen LogP contribution in [0.1, 0.15) is 20.8 Å². The Labute approximate surface area is 120 Å². The van der Waals surface area contributed by atoms with Crippen LogP contribution in [0.2, 0.25) is 0 Å². The van der Waals surface area contributed by atoms with Crippen LogP contribution in [0.25, 0.3) is 0 Å². The molecule has 1 rings (SSSR count). The Morgan fingerprint density at radius 1 is 1.40 bits per heavy atom. The van der Waals surface area contributed by atoms with Crippen LogP contribution < -0.4 is 15.4 Å². The molecule has 0 aromatic heterocycles. The van der Waals surface area contributed by atoms with Crippen molar-refractivity contribution in [1.82, 2.24) is 5.32 Å². The third kappa shape index (κ3) is 4.74. The molecule has 0 aliphatic carbocycles. The van der Waals surface area contributed by atoms with E-state index in [0.29, 0.717) is 5.75 Å². The lowest BCUT2D eigenvalue weighted by molar-refractivity contribution is -0.120. The van der Waals surface area contributed by atoms with Crippen molar-refractivity contribution in [1.29, 1.82) is 0 Å². The lowest BCUT2D eigenvalue weighted by Crippen LogP contribution is -2.45. The molecule has 0 saturated carbocycles. The molecular weight excluding hydrogens is 256 g/mol. The Balaban J connectivity index is 2.44. The molecule has 0 unspecified atom stereocenters. The number of aliphatic hydroxyl groups is 1. The van der Waals surface area contributed by atoms with Crippen LogP contribution in [-0.4, -0.2) is 36.8 Å². The third-order valence-corrected chi connectivity index (χ3v) is 3.43. The van der Waals surface area contributed by atoms with E-state index in [1.54, 1.807) is 14.0 Å². The largest absolute Gasteiger partial charge is 0.495 e. The molecule has 1 aromatic carbocycles. The van der Waals surface area contributed by atoms with E-state index >= 15 is 0 Å². The molecule has 5 nitrogen and oxygen atoms in total. The minimum absolute atomic E-state index is 0.0741. The summed E-state index contributed by atoms with van der Waals surface area (Å²) in [5.74, 6) is 0.594. The Hall–Kier alpha value is -1.75. The van der Waals surface area contributed by atoms with Crippen molar-refractivity contribution in [3.8, 4) is 5.75 Å². The maximum Gasteiger partial charge on any atom is 0.239 e. The maximum absolute atomic E-state index is 11.8. The molecule has 0 radical (unpaired) electrons. The number of carbonyl (C=O) groups is 1. The normalized spacial score (nSPS) is 13.7. The second-order valence-electron chi connectivity index (χ2n) is 5.34. The number of hydrogen-bond acceptors (Lipinski definition) is 4. The number of carbonyl (C=O) groups excluding carboxylic acids is 1. The summed E-state index contributed by atoms with van der Waals surface area (Å²) in [7, 11) is 1.58. The van der Waals surface area contributed by atoms with Gasteiger partial charge in [-0.3, -0.25) is 4.79 Å². The number of methoxy groups -OCH3 is 1. The van der Waals surface area contributed by atoms with Crippen LogP contribution in [0.4, 0.5) is 5.69 Å². The van der Waals surface area contributed by atoms with Crippen LogP contribution in [0, 0.1) is 5.92 Å². The van der Waals surface area contributed by atoms with Gasteiger partial charge in [0.25, 0.3) is 0 Å². The fourth-order valence-corrected chi connectivity index (χ4v) is 1.51. The van der Waals surface area contributed by atoms with Crippen LogP contribution in [0.15, 0.2) is 24.3 Å². The van der Waals surface area contributed by atoms with Crippen LogP contribution in [0.3, 0.4) is 0 Å². The highest BCUT2D eigenvalue weighted by Gasteiger charge is 2.25. The fourth-order valence-electron chi connectivity index (χ4n) is 1.51. The van der Waals surface area contributed by atoms with Gasteiger partial charge in [0.1, 0.15) is 5.75 Å². The molecule has 0 saturated heterocycles. The van der Waals surface area contributed by atoms with E-state index in [0.717, 1.165) is 5.69 Å². The average Bonchev–Trinajstić information content (AvgIpc) is 2.43. The van der Waals surface area contributed by atoms with E-state index in [1.165, 1.54) is 0 Å². The second-order valence-corrected chi connectivity index (χ2v) is 5.34. The number of benzene rings is 1. The predicted octanol–water partition coefficient (Wildman–Crippen LogP) is 1.63. The van der Waals surface area contributed by atoms with E-state index in [9.17, 15) is 9.90 Å². The fraction of sp³-hybridized carbons (Fsp3) is 0.533. The van der Waals surface area contributed by atoms with Crippen molar-refractivity contribution >= 4 is 11.6 Å². The summed E-state index contributed by atoms with van der Waals surface area (Å²) in [5.41, 5.74) is -0.138. The van der Waals surface area contributed by atoms with E-state index in [1.807, 2.05) is 38.1 Å². The number of hydrogen-bond donors (Lipinski definition) is 3. The maximum atomic E-state index is 11.8. The predicted molar refractivity (Wildman–Crippen MR) is 80.0 cm³/mol. The van der Waals surface area contributed by atoms with Gasteiger partial charge in [0, 0.05) is 6.54 Å². The van der Waals surface area contributed by atoms with Crippen molar-refractivity contribution in [3.63, 3.8) is 0 Å². The summed E-state index contributed by atoms with van der Waals surface area (Å²) in [5, 5.41) is 15.8. The summed E-state index contributed by atoms with van der Waals surface area (Å²) in [4.78, 5) is 11.8. The third-order valence-electron chi connectivity index (χ3n) is 3.43. The number of nitrogens with one attached hydrogen (secondary N) is 2. The minimum Gasteiger partial charge on any atom is -0.495 e. The van der Waals surface area contributed by atoms with Gasteiger partial charge in [-0.15, -0.1) is 0 Å². The van der Waals surface area contributed by atoms with E-state index in [2.05, 4.69) is 10.6 Å². The monoisotopic (exact) mass is 280 g/mol. The number of amides is 1. The summed E-state index contributed by atoms with van der Waals surface area (Å²) in [6, 6.07) is 7.40. The number of para-hydroxylation sites is 2. The number of rotatable bonds is 7. The molecule has 20 heavy (non-hydrogen) atoms. The van der Waals surface area contributed by atoms with Gasteiger partial charge in [-0.05, 0) is 25.0 Å². The summed E-state index contributed by atoms with van der Waals surface area (Å²) < 4.78 is 5.19. The molecule has 0 spiro atoms. The standard InChI is InChI=1S/C15H24N2O3/c1-11(2)15(3,19)10-17-14(18)9-16-12-7-5-6-8-13(12)20-4/h5-8,11,16,19H,9-10H2,1-4H3,(H,17,18)/t15-/m1/s1. The summed E-state index contributed by atoms with van der Waals surface area (Å²) >= 11 is 0. The van der Waals surface area contributed by atoms with E-state index in [-0.39, 0.29) is 24.9 Å². The highest BCUT2D eigenvalue weighted by Crippen LogP contribution is 2.22. The van der Waals surface area contributed by atoms with Gasteiger partial charge in [0.05, 0.1) is 24.9 Å². The van der Waals surface area contributed by atoms with Gasteiger partial charge in [0.2, 0.25) is 5.91 Å². The van der Waals surface area contributed by atoms with E-state index in [4.69, 9.17) is 4.74 Å². The van der Waals surface area contributed by atoms with Gasteiger partial charge in [0.15, 0.2) is 0 Å². The molecule has 0 heterocycles. The Morgan fingerprint density at radius 3 is 2.65 bits per heavy atom. The van der Waals surface area contributed by atoms with Crippen LogP contribution in [0.5, 0.6) is 5.75 Å². The molecule has 1 amide bonds. The van der Waals surface area contributed by atoms with Gasteiger partial charge < -0.3 is 20.5 Å². The highest BCUT2D eigenvalue weighted by atomic mass is 16.5. The minimum atomic E-state index is -0.903. The molecule has 3 N–H and O–H groups in total. The topological polar surface area (TPSA) is 70.6 Å². The van der Waals surface area contributed by atoms with Crippen molar-refractivity contribution in [3.05, 3.63) is 24.3 Å². The number of ether oxygens (including phenoxy) is 1. The first-order chi connectivity index (χ1) is 9.36. The molecule has 1 atom stereocenters. The van der Waals surface area contributed by atoms with E-state index < -0.39 is 5.60 Å². The first-order valence-electron chi connectivity index (χ1n) is 6.73. The zero-order chi connectivity index (χ0) is 15.2. The van der Waals surface area contributed by atoms with Gasteiger partial charge in [-0.1, -0.05) is 26.0 Å². The Kier molecular flexibility index (Phi) is 5.82. The van der Waals surface area contributed by atoms with Gasteiger partial charge >= 0.3 is 0 Å². The van der Waals surface area contributed by atoms with Crippen molar-refractivity contribution in [2.75, 3.05) is 25.5 Å².